The van der Waals surface area contributed by atoms with Crippen LogP contribution in [0, 0.1) is 5.92 Å². The molecule has 0 aliphatic rings. The zero-order chi connectivity index (χ0) is 21.5. The summed E-state index contributed by atoms with van der Waals surface area (Å²) in [5.41, 5.74) is 2.43. The molecule has 2 atom stereocenters. The van der Waals surface area contributed by atoms with Crippen molar-refractivity contribution in [2.24, 2.45) is 5.92 Å². The number of hydrogen-bond donors (Lipinski definition) is 2. The van der Waals surface area contributed by atoms with Gasteiger partial charge in [0.15, 0.2) is 4.90 Å². The number of carbonyl (C=O) groups excluding carboxylic acids is 1. The first kappa shape index (κ1) is 21.9. The van der Waals surface area contributed by atoms with Crippen molar-refractivity contribution in [1.29, 1.82) is 0 Å². The van der Waals surface area contributed by atoms with Crippen molar-refractivity contribution < 1.29 is 19.6 Å². The van der Waals surface area contributed by atoms with E-state index in [0.29, 0.717) is 17.9 Å². The Bertz CT molecular complexity index is 962. The van der Waals surface area contributed by atoms with Crippen molar-refractivity contribution in [3.63, 3.8) is 0 Å². The second-order valence-corrected chi connectivity index (χ2v) is 8.52. The number of carbonyl (C=O) groups is 1. The van der Waals surface area contributed by atoms with Crippen molar-refractivity contribution >= 4 is 22.8 Å². The molecule has 2 unspecified atom stereocenters. The fraction of sp³-hybridized carbons (Fsp3) is 0.208. The van der Waals surface area contributed by atoms with Gasteiger partial charge in [-0.3, -0.25) is 4.79 Å². The summed E-state index contributed by atoms with van der Waals surface area (Å²) < 4.78 is 12.7. The van der Waals surface area contributed by atoms with E-state index in [0.717, 1.165) is 16.0 Å². The summed E-state index contributed by atoms with van der Waals surface area (Å²) in [6.45, 7) is -0.294. The summed E-state index contributed by atoms with van der Waals surface area (Å²) in [5, 5.41) is 19.3. The molecule has 3 aromatic rings. The van der Waals surface area contributed by atoms with Gasteiger partial charge < -0.3 is 19.7 Å². The van der Waals surface area contributed by atoms with Crippen molar-refractivity contribution in [3.8, 4) is 5.75 Å². The van der Waals surface area contributed by atoms with Gasteiger partial charge in [-0.2, -0.15) is 0 Å². The number of aliphatic hydroxyl groups excluding tert-OH is 1. The number of aromatic hydroxyl groups is 1. The molecular formula is C24H25NO4S. The van der Waals surface area contributed by atoms with Gasteiger partial charge in [0.1, 0.15) is 11.5 Å². The molecule has 0 spiro atoms. The molecule has 0 radical (unpaired) electrons. The molecule has 2 N–H and O–H groups in total. The highest BCUT2D eigenvalue weighted by Gasteiger charge is 2.24. The highest BCUT2D eigenvalue weighted by atomic mass is 32.2. The fourth-order valence-corrected chi connectivity index (χ4v) is 4.46. The third kappa shape index (κ3) is 5.42. The van der Waals surface area contributed by atoms with Crippen LogP contribution in [0.25, 0.3) is 0 Å². The van der Waals surface area contributed by atoms with Crippen LogP contribution in [0.1, 0.15) is 11.1 Å². The van der Waals surface area contributed by atoms with Crippen molar-refractivity contribution in [2.75, 3.05) is 18.6 Å². The number of rotatable bonds is 8. The van der Waals surface area contributed by atoms with Gasteiger partial charge in [0.2, 0.25) is 5.91 Å². The first-order chi connectivity index (χ1) is 14.5. The van der Waals surface area contributed by atoms with Gasteiger partial charge in [0, 0.05) is 18.3 Å². The van der Waals surface area contributed by atoms with E-state index in [-0.39, 0.29) is 18.3 Å². The predicted octanol–water partition coefficient (Wildman–Crippen LogP) is 3.51. The standard InChI is InChI=1S/C24H25NO4S/c1-25(21-11-13-22(27)14-12-21)24(28)20(16-26)15-18-7-5-6-8-19(18)17-30(29)23-9-3-2-4-10-23/h2-14,20,26-27H,15-17H2,1H3. The molecule has 3 aromatic carbocycles. The Kier molecular flexibility index (Phi) is 7.52. The lowest BCUT2D eigenvalue weighted by molar-refractivity contribution is -0.123. The SMILES string of the molecule is CN(C(=O)C(CO)Cc1ccccc1C[S+]([O-])c1ccccc1)c1ccc(O)cc1. The van der Waals surface area contributed by atoms with Gasteiger partial charge in [0.25, 0.3) is 0 Å². The maximum atomic E-state index is 13.0. The Morgan fingerprint density at radius 3 is 2.20 bits per heavy atom. The van der Waals surface area contributed by atoms with Crippen LogP contribution in [0.4, 0.5) is 5.69 Å². The van der Waals surface area contributed by atoms with E-state index in [1.807, 2.05) is 54.6 Å². The monoisotopic (exact) mass is 423 g/mol. The Balaban J connectivity index is 1.75. The molecule has 156 valence electrons. The summed E-state index contributed by atoms with van der Waals surface area (Å²) in [4.78, 5) is 15.2. The third-order valence-electron chi connectivity index (χ3n) is 5.01. The van der Waals surface area contributed by atoms with Crippen LogP contribution < -0.4 is 4.90 Å². The van der Waals surface area contributed by atoms with Crippen LogP contribution in [-0.2, 0) is 28.1 Å². The maximum Gasteiger partial charge on any atom is 0.232 e. The lowest BCUT2D eigenvalue weighted by atomic mass is 9.95. The number of nitrogens with zero attached hydrogens (tertiary/aromatic N) is 1. The normalized spacial score (nSPS) is 12.9. The number of hydrogen-bond acceptors (Lipinski definition) is 4. The fourth-order valence-electron chi connectivity index (χ4n) is 3.27. The summed E-state index contributed by atoms with van der Waals surface area (Å²) in [6.07, 6.45) is 0.347. The Hall–Kier alpha value is -2.80. The number of benzene rings is 3. The molecule has 0 aromatic heterocycles. The quantitative estimate of drug-likeness (QED) is 0.543. The van der Waals surface area contributed by atoms with Crippen LogP contribution in [0.3, 0.4) is 0 Å². The van der Waals surface area contributed by atoms with Crippen LogP contribution in [0.5, 0.6) is 5.75 Å². The van der Waals surface area contributed by atoms with Gasteiger partial charge in [-0.25, -0.2) is 0 Å². The number of phenols is 1. The first-order valence-corrected chi connectivity index (χ1v) is 11.0. The molecule has 0 heterocycles. The molecule has 6 heteroatoms. The summed E-state index contributed by atoms with van der Waals surface area (Å²) in [5.74, 6) is -0.378. The van der Waals surface area contributed by atoms with Crippen LogP contribution in [0.15, 0.2) is 83.8 Å². The summed E-state index contributed by atoms with van der Waals surface area (Å²) in [6, 6.07) is 23.2. The van der Waals surface area contributed by atoms with Crippen molar-refractivity contribution in [3.05, 3.63) is 90.0 Å². The third-order valence-corrected chi connectivity index (χ3v) is 6.39. The van der Waals surface area contributed by atoms with E-state index in [1.54, 1.807) is 19.2 Å². The predicted molar refractivity (Wildman–Crippen MR) is 119 cm³/mol. The molecule has 30 heavy (non-hydrogen) atoms. The van der Waals surface area contributed by atoms with Crippen LogP contribution in [-0.4, -0.2) is 34.3 Å². The highest BCUT2D eigenvalue weighted by Crippen LogP contribution is 2.23. The number of amides is 1. The number of phenolic OH excluding ortho intramolecular Hbond substituents is 1. The van der Waals surface area contributed by atoms with Gasteiger partial charge in [0.05, 0.1) is 12.5 Å². The van der Waals surface area contributed by atoms with Gasteiger partial charge in [-0.1, -0.05) is 42.5 Å². The minimum absolute atomic E-state index is 0.124. The Morgan fingerprint density at radius 2 is 1.57 bits per heavy atom. The molecule has 0 bridgehead atoms. The molecule has 0 aliphatic heterocycles. The Labute approximate surface area is 179 Å². The molecule has 1 amide bonds. The van der Waals surface area contributed by atoms with E-state index in [4.69, 9.17) is 0 Å². The topological polar surface area (TPSA) is 83.8 Å². The van der Waals surface area contributed by atoms with E-state index < -0.39 is 17.1 Å². The molecule has 0 saturated carbocycles. The molecule has 0 fully saturated rings. The lowest BCUT2D eigenvalue weighted by Crippen LogP contribution is -2.36. The van der Waals surface area contributed by atoms with Crippen LogP contribution in [0.2, 0.25) is 0 Å². The largest absolute Gasteiger partial charge is 0.611 e. The highest BCUT2D eigenvalue weighted by molar-refractivity contribution is 7.90. The smallest absolute Gasteiger partial charge is 0.232 e. The van der Waals surface area contributed by atoms with E-state index in [2.05, 4.69) is 0 Å². The minimum atomic E-state index is -1.19. The molecule has 0 aliphatic carbocycles. The van der Waals surface area contributed by atoms with Crippen molar-refractivity contribution in [1.82, 2.24) is 0 Å². The zero-order valence-corrected chi connectivity index (χ0v) is 17.6. The number of aliphatic hydroxyl groups is 1. The van der Waals surface area contributed by atoms with Crippen LogP contribution >= 0.6 is 0 Å². The minimum Gasteiger partial charge on any atom is -0.611 e. The number of anilines is 1. The van der Waals surface area contributed by atoms with Crippen molar-refractivity contribution in [2.45, 2.75) is 17.1 Å². The second kappa shape index (κ2) is 10.3. The Morgan fingerprint density at radius 1 is 0.967 bits per heavy atom. The van der Waals surface area contributed by atoms with Gasteiger partial charge >= 0.3 is 0 Å². The van der Waals surface area contributed by atoms with E-state index in [9.17, 15) is 19.6 Å². The average Bonchev–Trinajstić information content (AvgIpc) is 2.78. The summed E-state index contributed by atoms with van der Waals surface area (Å²) >= 11 is -1.19. The molecule has 0 saturated heterocycles. The van der Waals surface area contributed by atoms with Gasteiger partial charge in [-0.05, 0) is 59.6 Å². The lowest BCUT2D eigenvalue weighted by Gasteiger charge is -2.23. The second-order valence-electron chi connectivity index (χ2n) is 7.07. The van der Waals surface area contributed by atoms with Gasteiger partial charge in [-0.15, -0.1) is 0 Å². The average molecular weight is 424 g/mol. The van der Waals surface area contributed by atoms with E-state index >= 15 is 0 Å². The molecule has 3 rings (SSSR count). The molecular weight excluding hydrogens is 398 g/mol. The van der Waals surface area contributed by atoms with E-state index in [1.165, 1.54) is 17.0 Å². The zero-order valence-electron chi connectivity index (χ0n) is 16.8. The summed E-state index contributed by atoms with van der Waals surface area (Å²) in [7, 11) is 1.65. The molecule has 5 nitrogen and oxygen atoms in total. The first-order valence-electron chi connectivity index (χ1n) is 9.67. The maximum absolute atomic E-state index is 13.0.